The average Bonchev–Trinajstić information content (AvgIpc) is 3.38. The molecule has 0 bridgehead atoms. The zero-order chi connectivity index (χ0) is 23.4. The number of nitrogens with one attached hydrogen (secondary N) is 1. The molecule has 0 unspecified atom stereocenters. The summed E-state index contributed by atoms with van der Waals surface area (Å²) in [6.45, 7) is 2.04. The Morgan fingerprint density at radius 2 is 1.53 bits per heavy atom. The summed E-state index contributed by atoms with van der Waals surface area (Å²) < 4.78 is 15.4. The third-order valence-corrected chi connectivity index (χ3v) is 7.12. The van der Waals surface area contributed by atoms with E-state index in [1.54, 1.807) is 16.8 Å². The van der Waals surface area contributed by atoms with Crippen molar-refractivity contribution in [2.45, 2.75) is 38.3 Å². The molecule has 1 N–H and O–H groups in total. The number of carbonyl (C=O) groups is 2. The Labute approximate surface area is 196 Å². The Bertz CT molecular complexity index is 1270. The van der Waals surface area contributed by atoms with Crippen LogP contribution in [0.15, 0.2) is 60.7 Å². The van der Waals surface area contributed by atoms with Gasteiger partial charge in [0, 0.05) is 0 Å². The number of carbonyl (C=O) groups excluding carboxylic acids is 2. The maximum absolute atomic E-state index is 13.6. The molecule has 0 radical (unpaired) electrons. The van der Waals surface area contributed by atoms with Crippen molar-refractivity contribution >= 4 is 23.7 Å². The van der Waals surface area contributed by atoms with Crippen LogP contribution in [0, 0.1) is 24.6 Å². The summed E-state index contributed by atoms with van der Waals surface area (Å²) in [4.78, 5) is 31.9. The Hall–Kier alpha value is -3.81. The molecule has 3 heterocycles. The molecular weight excluding hydrogens is 433 g/mol. The van der Waals surface area contributed by atoms with Gasteiger partial charge in [0.2, 0.25) is 17.8 Å². The van der Waals surface area contributed by atoms with Crippen LogP contribution in [0.5, 0.6) is 0 Å². The number of imide groups is 1. The number of hydrogen-bond donors (Lipinski definition) is 1. The number of halogens is 1. The number of hydrogen-bond acceptors (Lipinski definition) is 5. The molecule has 2 aromatic carbocycles. The molecule has 1 saturated heterocycles. The van der Waals surface area contributed by atoms with Gasteiger partial charge in [-0.3, -0.25) is 9.59 Å². The van der Waals surface area contributed by atoms with E-state index in [0.717, 1.165) is 16.0 Å². The van der Waals surface area contributed by atoms with Crippen molar-refractivity contribution in [3.63, 3.8) is 0 Å². The number of amides is 2. The van der Waals surface area contributed by atoms with Gasteiger partial charge in [0.1, 0.15) is 5.82 Å². The first-order valence-electron chi connectivity index (χ1n) is 11.6. The molecule has 172 valence electrons. The third kappa shape index (κ3) is 3.32. The van der Waals surface area contributed by atoms with Crippen molar-refractivity contribution in [3.05, 3.63) is 83.2 Å². The lowest BCUT2D eigenvalue weighted by atomic mass is 9.85. The molecule has 3 aliphatic rings. The number of fused-ring (bicyclic) bond motifs is 2. The zero-order valence-electron chi connectivity index (χ0n) is 18.7. The second-order valence-electron chi connectivity index (χ2n) is 9.26. The van der Waals surface area contributed by atoms with Crippen LogP contribution in [0.1, 0.15) is 48.0 Å². The number of nitrogens with zero attached hydrogens (tertiary/aromatic N) is 4. The first kappa shape index (κ1) is 20.8. The third-order valence-electron chi connectivity index (χ3n) is 7.12. The van der Waals surface area contributed by atoms with E-state index in [1.807, 2.05) is 19.1 Å². The van der Waals surface area contributed by atoms with E-state index in [2.05, 4.69) is 39.7 Å². The maximum Gasteiger partial charge on any atom is 0.260 e. The molecule has 1 aromatic heterocycles. The van der Waals surface area contributed by atoms with Crippen LogP contribution in [0.3, 0.4) is 0 Å². The van der Waals surface area contributed by atoms with Gasteiger partial charge in [0.15, 0.2) is 0 Å². The molecule has 34 heavy (non-hydrogen) atoms. The Morgan fingerprint density at radius 3 is 2.18 bits per heavy atom. The molecule has 4 atom stereocenters. The minimum Gasteiger partial charge on any atom is -0.347 e. The second kappa shape index (κ2) is 7.90. The lowest BCUT2D eigenvalue weighted by Gasteiger charge is -2.31. The van der Waals surface area contributed by atoms with E-state index in [4.69, 9.17) is 0 Å². The van der Waals surface area contributed by atoms with Crippen molar-refractivity contribution in [3.8, 4) is 0 Å². The SMILES string of the molecule is Cc1ccc([C@@H]2C[C@@H](c3ccc(F)cc3)n3nc(N4C(=O)[C@H]5CC=CC[C@H]5C4=O)nc3N2)cc1. The summed E-state index contributed by atoms with van der Waals surface area (Å²) in [6, 6.07) is 14.3. The smallest absolute Gasteiger partial charge is 0.260 e. The summed E-state index contributed by atoms with van der Waals surface area (Å²) in [5, 5.41) is 8.06. The number of aromatic nitrogens is 3. The molecule has 3 aromatic rings. The molecule has 0 spiro atoms. The highest BCUT2D eigenvalue weighted by Gasteiger charge is 2.49. The van der Waals surface area contributed by atoms with E-state index in [1.165, 1.54) is 17.7 Å². The largest absolute Gasteiger partial charge is 0.347 e. The monoisotopic (exact) mass is 457 g/mol. The van der Waals surface area contributed by atoms with Crippen molar-refractivity contribution in [2.24, 2.45) is 11.8 Å². The van der Waals surface area contributed by atoms with Gasteiger partial charge in [-0.15, -0.1) is 5.10 Å². The van der Waals surface area contributed by atoms with Crippen LogP contribution < -0.4 is 10.2 Å². The van der Waals surface area contributed by atoms with Gasteiger partial charge in [-0.1, -0.05) is 54.1 Å². The van der Waals surface area contributed by atoms with Gasteiger partial charge in [0.05, 0.1) is 23.9 Å². The number of rotatable bonds is 3. The first-order valence-corrected chi connectivity index (χ1v) is 11.6. The van der Waals surface area contributed by atoms with Gasteiger partial charge >= 0.3 is 0 Å². The summed E-state index contributed by atoms with van der Waals surface area (Å²) in [7, 11) is 0. The minimum atomic E-state index is -0.348. The molecule has 1 fully saturated rings. The van der Waals surface area contributed by atoms with Crippen LogP contribution in [0.4, 0.5) is 16.3 Å². The highest BCUT2D eigenvalue weighted by Crippen LogP contribution is 2.41. The van der Waals surface area contributed by atoms with Crippen LogP contribution in [0.25, 0.3) is 0 Å². The first-order chi connectivity index (χ1) is 16.5. The quantitative estimate of drug-likeness (QED) is 0.468. The van der Waals surface area contributed by atoms with Gasteiger partial charge in [-0.05, 0) is 49.4 Å². The van der Waals surface area contributed by atoms with E-state index in [0.29, 0.717) is 25.2 Å². The van der Waals surface area contributed by atoms with E-state index < -0.39 is 0 Å². The van der Waals surface area contributed by atoms with Gasteiger partial charge in [0.25, 0.3) is 5.95 Å². The number of benzene rings is 2. The van der Waals surface area contributed by atoms with Crippen molar-refractivity contribution < 1.29 is 14.0 Å². The molecule has 6 rings (SSSR count). The fourth-order valence-corrected chi connectivity index (χ4v) is 5.24. The van der Waals surface area contributed by atoms with Crippen molar-refractivity contribution in [1.29, 1.82) is 0 Å². The maximum atomic E-state index is 13.6. The number of aryl methyl sites for hydroxylation is 1. The van der Waals surface area contributed by atoms with Gasteiger partial charge in [-0.25, -0.2) is 14.0 Å². The molecule has 2 amide bonds. The average molecular weight is 458 g/mol. The standard InChI is InChI=1S/C26H24FN5O2/c1-15-6-8-16(9-7-15)21-14-22(17-10-12-18(27)13-11-17)32-25(28-21)29-26(30-32)31-23(33)19-4-2-3-5-20(19)24(31)34/h2-3,6-13,19-22H,4-5,14H2,1H3,(H,28,29,30)/t19-,20+,21-,22-/m0/s1. The lowest BCUT2D eigenvalue weighted by molar-refractivity contribution is -0.122. The van der Waals surface area contributed by atoms with E-state index >= 15 is 0 Å². The fourth-order valence-electron chi connectivity index (χ4n) is 5.24. The predicted octanol–water partition coefficient (Wildman–Crippen LogP) is 4.33. The van der Waals surface area contributed by atoms with Crippen LogP contribution in [-0.4, -0.2) is 26.6 Å². The van der Waals surface area contributed by atoms with Crippen molar-refractivity contribution in [1.82, 2.24) is 14.8 Å². The molecular formula is C26H24FN5O2. The molecule has 0 saturated carbocycles. The van der Waals surface area contributed by atoms with Crippen LogP contribution in [0.2, 0.25) is 0 Å². The minimum absolute atomic E-state index is 0.0584. The highest BCUT2D eigenvalue weighted by atomic mass is 19.1. The summed E-state index contributed by atoms with van der Waals surface area (Å²) in [6.07, 6.45) is 5.69. The van der Waals surface area contributed by atoms with Crippen LogP contribution >= 0.6 is 0 Å². The Morgan fingerprint density at radius 1 is 0.912 bits per heavy atom. The molecule has 1 aliphatic carbocycles. The Balaban J connectivity index is 1.40. The van der Waals surface area contributed by atoms with Crippen LogP contribution in [-0.2, 0) is 9.59 Å². The zero-order valence-corrected chi connectivity index (χ0v) is 18.7. The van der Waals surface area contributed by atoms with Gasteiger partial charge in [-0.2, -0.15) is 4.98 Å². The molecule has 2 aliphatic heterocycles. The number of allylic oxidation sites excluding steroid dienone is 2. The van der Waals surface area contributed by atoms with Crippen molar-refractivity contribution in [2.75, 3.05) is 10.2 Å². The predicted molar refractivity (Wildman–Crippen MR) is 125 cm³/mol. The topological polar surface area (TPSA) is 80.1 Å². The summed E-state index contributed by atoms with van der Waals surface area (Å²) in [5.41, 5.74) is 3.15. The second-order valence-corrected chi connectivity index (χ2v) is 9.26. The van der Waals surface area contributed by atoms with Gasteiger partial charge < -0.3 is 5.32 Å². The Kier molecular flexibility index (Phi) is 4.83. The summed E-state index contributed by atoms with van der Waals surface area (Å²) >= 11 is 0. The van der Waals surface area contributed by atoms with E-state index in [9.17, 15) is 14.0 Å². The van der Waals surface area contributed by atoms with E-state index in [-0.39, 0.29) is 47.5 Å². The number of anilines is 2. The lowest BCUT2D eigenvalue weighted by Crippen LogP contribution is -2.32. The summed E-state index contributed by atoms with van der Waals surface area (Å²) in [5.74, 6) is -0.903. The normalized spacial score (nSPS) is 25.8. The molecule has 7 nitrogen and oxygen atoms in total. The fraction of sp³-hybridized carbons (Fsp3) is 0.308. The highest BCUT2D eigenvalue weighted by molar-refractivity contribution is 6.21. The molecule has 8 heteroatoms.